The smallest absolute Gasteiger partial charge is 0.349 e. The molecule has 0 unspecified atom stereocenters. The first-order valence-corrected chi connectivity index (χ1v) is 7.58. The second-order valence-electron chi connectivity index (χ2n) is 5.36. The number of phenolic OH excluding ortho intramolecular Hbond substituents is 1. The molecule has 1 aromatic carbocycles. The van der Waals surface area contributed by atoms with Gasteiger partial charge in [0.15, 0.2) is 0 Å². The summed E-state index contributed by atoms with van der Waals surface area (Å²) in [5.74, 6) is -0.354. The van der Waals surface area contributed by atoms with Crippen LogP contribution in [0.15, 0.2) is 27.4 Å². The van der Waals surface area contributed by atoms with Crippen molar-refractivity contribution in [1.29, 1.82) is 0 Å². The van der Waals surface area contributed by atoms with E-state index in [0.29, 0.717) is 5.39 Å². The number of fused-ring (bicyclic) bond motifs is 1. The number of hydrogen-bond acceptors (Lipinski definition) is 4. The molecule has 0 radical (unpaired) electrons. The zero-order chi connectivity index (χ0) is 16.1. The van der Waals surface area contributed by atoms with Crippen molar-refractivity contribution in [3.8, 4) is 5.75 Å². The summed E-state index contributed by atoms with van der Waals surface area (Å²) in [6.07, 6.45) is 5.19. The van der Waals surface area contributed by atoms with Crippen LogP contribution in [0.1, 0.15) is 48.5 Å². The van der Waals surface area contributed by atoms with Crippen LogP contribution in [0.4, 0.5) is 0 Å². The number of unbranched alkanes of at least 4 members (excludes halogenated alkanes) is 3. The number of carbonyl (C=O) groups excluding carboxylic acids is 1. The first-order valence-electron chi connectivity index (χ1n) is 7.58. The molecule has 22 heavy (non-hydrogen) atoms. The fraction of sp³-hybridized carbons (Fsp3) is 0.412. The van der Waals surface area contributed by atoms with Crippen molar-refractivity contribution in [2.75, 3.05) is 7.05 Å². The van der Waals surface area contributed by atoms with Crippen molar-refractivity contribution in [2.45, 2.75) is 39.0 Å². The first kappa shape index (κ1) is 16.1. The van der Waals surface area contributed by atoms with Gasteiger partial charge in [0, 0.05) is 18.5 Å². The van der Waals surface area contributed by atoms with E-state index in [1.165, 1.54) is 25.6 Å². The van der Waals surface area contributed by atoms with Crippen LogP contribution in [0.25, 0.3) is 11.0 Å². The van der Waals surface area contributed by atoms with Gasteiger partial charge >= 0.3 is 5.63 Å². The van der Waals surface area contributed by atoms with Crippen LogP contribution < -0.4 is 10.9 Å². The average molecular weight is 303 g/mol. The molecule has 0 aliphatic heterocycles. The summed E-state index contributed by atoms with van der Waals surface area (Å²) < 4.78 is 5.12. The Bertz CT molecular complexity index is 733. The lowest BCUT2D eigenvalue weighted by Gasteiger charge is -2.07. The van der Waals surface area contributed by atoms with E-state index in [2.05, 4.69) is 12.2 Å². The topological polar surface area (TPSA) is 79.5 Å². The molecule has 0 spiro atoms. The van der Waals surface area contributed by atoms with Gasteiger partial charge in [-0.3, -0.25) is 4.79 Å². The third-order valence-corrected chi connectivity index (χ3v) is 3.70. The number of aromatic hydroxyl groups is 1. The highest BCUT2D eigenvalue weighted by Crippen LogP contribution is 2.26. The monoisotopic (exact) mass is 303 g/mol. The lowest BCUT2D eigenvalue weighted by molar-refractivity contribution is 0.0959. The molecule has 5 nitrogen and oxygen atoms in total. The second kappa shape index (κ2) is 7.11. The third-order valence-electron chi connectivity index (χ3n) is 3.70. The number of nitrogens with one attached hydrogen (secondary N) is 1. The van der Waals surface area contributed by atoms with Crippen molar-refractivity contribution in [1.82, 2.24) is 5.32 Å². The van der Waals surface area contributed by atoms with E-state index in [9.17, 15) is 14.7 Å². The molecule has 1 aromatic heterocycles. The average Bonchev–Trinajstić information content (AvgIpc) is 2.51. The van der Waals surface area contributed by atoms with Gasteiger partial charge in [0.1, 0.15) is 16.9 Å². The van der Waals surface area contributed by atoms with Crippen LogP contribution in [0.3, 0.4) is 0 Å². The van der Waals surface area contributed by atoms with Crippen LogP contribution in [0.2, 0.25) is 0 Å². The molecule has 5 heteroatoms. The molecule has 2 aromatic rings. The highest BCUT2D eigenvalue weighted by Gasteiger charge is 2.14. The quantitative estimate of drug-likeness (QED) is 0.635. The number of rotatable bonds is 6. The predicted molar refractivity (Wildman–Crippen MR) is 85.4 cm³/mol. The van der Waals surface area contributed by atoms with E-state index >= 15 is 0 Å². The van der Waals surface area contributed by atoms with Gasteiger partial charge in [-0.1, -0.05) is 26.2 Å². The SMILES string of the molecule is CCCCCCc1cc2cc(C(=O)NC)c(=O)oc2cc1O. The molecule has 0 saturated heterocycles. The van der Waals surface area contributed by atoms with Gasteiger partial charge < -0.3 is 14.8 Å². The Hall–Kier alpha value is -2.30. The molecular weight excluding hydrogens is 282 g/mol. The van der Waals surface area contributed by atoms with Crippen LogP contribution in [0, 0.1) is 0 Å². The summed E-state index contributed by atoms with van der Waals surface area (Å²) >= 11 is 0. The van der Waals surface area contributed by atoms with Crippen LogP contribution in [-0.2, 0) is 6.42 Å². The van der Waals surface area contributed by atoms with E-state index in [1.807, 2.05) is 0 Å². The zero-order valence-electron chi connectivity index (χ0n) is 12.9. The van der Waals surface area contributed by atoms with E-state index in [-0.39, 0.29) is 16.9 Å². The number of hydrogen-bond donors (Lipinski definition) is 2. The van der Waals surface area contributed by atoms with Gasteiger partial charge in [-0.2, -0.15) is 0 Å². The van der Waals surface area contributed by atoms with Crippen molar-refractivity contribution in [2.24, 2.45) is 0 Å². The number of aryl methyl sites for hydroxylation is 1. The van der Waals surface area contributed by atoms with Gasteiger partial charge in [-0.05, 0) is 30.5 Å². The molecule has 0 atom stereocenters. The fourth-order valence-electron chi connectivity index (χ4n) is 2.44. The van der Waals surface area contributed by atoms with E-state index in [0.717, 1.165) is 31.2 Å². The fourth-order valence-corrected chi connectivity index (χ4v) is 2.44. The van der Waals surface area contributed by atoms with Crippen LogP contribution >= 0.6 is 0 Å². The van der Waals surface area contributed by atoms with E-state index in [4.69, 9.17) is 4.42 Å². The number of carbonyl (C=O) groups is 1. The molecule has 0 aliphatic rings. The molecule has 118 valence electrons. The molecule has 0 saturated carbocycles. The normalized spacial score (nSPS) is 10.8. The third kappa shape index (κ3) is 3.47. The molecule has 0 bridgehead atoms. The zero-order valence-corrected chi connectivity index (χ0v) is 12.9. The molecule has 0 aliphatic carbocycles. The Balaban J connectivity index is 2.36. The van der Waals surface area contributed by atoms with Crippen molar-refractivity contribution >= 4 is 16.9 Å². The van der Waals surface area contributed by atoms with E-state index < -0.39 is 11.5 Å². The van der Waals surface area contributed by atoms with Gasteiger partial charge in [-0.25, -0.2) is 4.79 Å². The second-order valence-corrected chi connectivity index (χ2v) is 5.36. The Labute approximate surface area is 129 Å². The maximum Gasteiger partial charge on any atom is 0.349 e. The lowest BCUT2D eigenvalue weighted by atomic mass is 10.0. The summed E-state index contributed by atoms with van der Waals surface area (Å²) in [5.41, 5.74) is 0.354. The first-order chi connectivity index (χ1) is 10.6. The Kier molecular flexibility index (Phi) is 5.20. The summed E-state index contributed by atoms with van der Waals surface area (Å²) in [6, 6.07) is 4.74. The Morgan fingerprint density at radius 2 is 2.00 bits per heavy atom. The maximum atomic E-state index is 11.8. The molecule has 2 rings (SSSR count). The van der Waals surface area contributed by atoms with Gasteiger partial charge in [-0.15, -0.1) is 0 Å². The highest BCUT2D eigenvalue weighted by molar-refractivity contribution is 5.96. The molecule has 1 heterocycles. The summed E-state index contributed by atoms with van der Waals surface area (Å²) in [5, 5.41) is 13.1. The van der Waals surface area contributed by atoms with Gasteiger partial charge in [0.25, 0.3) is 5.91 Å². The van der Waals surface area contributed by atoms with Crippen molar-refractivity contribution in [3.63, 3.8) is 0 Å². The van der Waals surface area contributed by atoms with Gasteiger partial charge in [0.05, 0.1) is 0 Å². The maximum absolute atomic E-state index is 11.8. The summed E-state index contributed by atoms with van der Waals surface area (Å²) in [4.78, 5) is 23.4. The molecule has 0 fully saturated rings. The van der Waals surface area contributed by atoms with Crippen molar-refractivity contribution < 1.29 is 14.3 Å². The Morgan fingerprint density at radius 1 is 1.23 bits per heavy atom. The summed E-state index contributed by atoms with van der Waals surface area (Å²) in [7, 11) is 1.46. The Morgan fingerprint density at radius 3 is 2.68 bits per heavy atom. The predicted octanol–water partition coefficient (Wildman–Crippen LogP) is 2.98. The minimum absolute atomic E-state index is 0.0300. The standard InChI is InChI=1S/C17H21NO4/c1-3-4-5-6-7-11-8-12-9-13(16(20)18-2)17(21)22-15(12)10-14(11)19/h8-10,19H,3-7H2,1-2H3,(H,18,20). The van der Waals surface area contributed by atoms with E-state index in [1.54, 1.807) is 6.07 Å². The molecule has 2 N–H and O–H groups in total. The highest BCUT2D eigenvalue weighted by atomic mass is 16.4. The number of benzene rings is 1. The largest absolute Gasteiger partial charge is 0.508 e. The summed E-state index contributed by atoms with van der Waals surface area (Å²) in [6.45, 7) is 2.15. The minimum atomic E-state index is -0.707. The van der Waals surface area contributed by atoms with Crippen LogP contribution in [0.5, 0.6) is 5.75 Å². The molecule has 1 amide bonds. The van der Waals surface area contributed by atoms with Crippen molar-refractivity contribution in [3.05, 3.63) is 39.7 Å². The number of amides is 1. The molecular formula is C17H21NO4. The minimum Gasteiger partial charge on any atom is -0.508 e. The number of phenols is 1. The van der Waals surface area contributed by atoms with Gasteiger partial charge in [0.2, 0.25) is 0 Å². The lowest BCUT2D eigenvalue weighted by Crippen LogP contribution is -2.24. The van der Waals surface area contributed by atoms with Crippen LogP contribution in [-0.4, -0.2) is 18.1 Å².